The van der Waals surface area contributed by atoms with Crippen LogP contribution in [0, 0.1) is 0 Å². The molecule has 0 heterocycles. The van der Waals surface area contributed by atoms with Crippen LogP contribution in [0.15, 0.2) is 0 Å². The minimum absolute atomic E-state index is 0. The second-order valence-corrected chi connectivity index (χ2v) is 25.1. The molecule has 298 valence electrons. The standard InChI is InChI=1S/Na.H14O37P12.H/c;1-38(2,3)27-40(7,8)29-42(11,12)31-44(15,16)33-46(19,20)35-48(23,24)37-49(25,26)36-47(21,22)34-45(17,18)32-43(13,14)30-41(9,10)28-39(4,5)6;/h;(H,7,8)(H,9,10)(H,11,12)(H,13,14)(H,15,16)(H,17,18)(H,19,20)(H,21,22)(H,23,24)(H,25,26)(H2,1,2,3)(H2,4,5,6);/q+1;;-1. The van der Waals surface area contributed by atoms with Gasteiger partial charge >= 0.3 is 123 Å². The summed E-state index contributed by atoms with van der Waals surface area (Å²) < 4.78 is 171. The van der Waals surface area contributed by atoms with E-state index in [1.807, 2.05) is 0 Å². The molecule has 10 atom stereocenters. The van der Waals surface area contributed by atoms with Crippen LogP contribution in [-0.2, 0) is 102 Å². The molecule has 50 heavy (non-hydrogen) atoms. The van der Waals surface area contributed by atoms with Crippen molar-refractivity contribution in [3.8, 4) is 0 Å². The summed E-state index contributed by atoms with van der Waals surface area (Å²) in [6.07, 6.45) is 0. The zero-order chi connectivity index (χ0) is 39.8. The van der Waals surface area contributed by atoms with Crippen LogP contribution in [0.25, 0.3) is 0 Å². The third-order valence-electron chi connectivity index (χ3n) is 2.28. The average Bonchev–Trinajstić information content (AvgIpc) is 2.52. The van der Waals surface area contributed by atoms with Crippen molar-refractivity contribution in [1.29, 1.82) is 0 Å². The first-order valence-corrected chi connectivity index (χ1v) is 27.0. The Morgan fingerprint density at radius 2 is 0.300 bits per heavy atom. The van der Waals surface area contributed by atoms with Gasteiger partial charge in [-0.05, 0) is 0 Å². The fourth-order valence-corrected chi connectivity index (χ4v) is 17.0. The molecule has 0 fully saturated rings. The summed E-state index contributed by atoms with van der Waals surface area (Å²) in [4.78, 5) is 125. The van der Waals surface area contributed by atoms with E-state index in [9.17, 15) is 84.1 Å². The Hall–Kier alpha value is 2.76. The molecule has 0 aromatic heterocycles. The van der Waals surface area contributed by atoms with E-state index in [-0.39, 0.29) is 31.0 Å². The molecule has 14 N–H and O–H groups in total. The molecule has 0 saturated carbocycles. The van der Waals surface area contributed by atoms with Gasteiger partial charge < -0.3 is 69.9 Å². The maximum Gasteiger partial charge on any atom is 1.00 e. The van der Waals surface area contributed by atoms with Crippen LogP contribution < -0.4 is 29.6 Å². The fraction of sp³-hybridized carbons (Fsp3) is 0. The predicted molar refractivity (Wildman–Crippen MR) is 135 cm³/mol. The summed E-state index contributed by atoms with van der Waals surface area (Å²) in [5.41, 5.74) is 0. The largest absolute Gasteiger partial charge is 1.00 e. The third kappa shape index (κ3) is 26.6. The SMILES string of the molecule is O=P(O)(O)OP(=O)(O)OP(=O)(O)OP(=O)(O)OP(=O)(O)OP(=O)(O)OP(=O)(O)OP(=O)(O)OP(=O)(O)OP(=O)(O)OP(=O)(O)OP(=O)(O)O.[H-].[Na+]. The second kappa shape index (κ2) is 18.1. The normalized spacial score (nSPS) is 25.1. The second-order valence-electron chi connectivity index (χ2n) is 6.56. The molecular weight excluding hydrogens is 987 g/mol. The van der Waals surface area contributed by atoms with Gasteiger partial charge in [-0.15, -0.1) is 0 Å². The zero-order valence-corrected chi connectivity index (χ0v) is 34.8. The van der Waals surface area contributed by atoms with E-state index in [1.54, 1.807) is 0 Å². The number of hydrogen-bond acceptors (Lipinski definition) is 23. The van der Waals surface area contributed by atoms with E-state index < -0.39 is 93.9 Å². The Bertz CT molecular complexity index is 1680. The van der Waals surface area contributed by atoms with Gasteiger partial charge in [0.2, 0.25) is 0 Å². The van der Waals surface area contributed by atoms with Gasteiger partial charge in [0.05, 0.1) is 0 Å². The quantitative estimate of drug-likeness (QED) is 0.0393. The Kier molecular flexibility index (Phi) is 19.9. The summed E-state index contributed by atoms with van der Waals surface area (Å²) in [6, 6.07) is 0. The molecule has 0 saturated heterocycles. The third-order valence-corrected chi connectivity index (χ3v) is 20.5. The van der Waals surface area contributed by atoms with Gasteiger partial charge in [0.25, 0.3) is 0 Å². The monoisotopic (exact) mass is 1000 g/mol. The van der Waals surface area contributed by atoms with Gasteiger partial charge in [0, 0.05) is 0 Å². The molecule has 0 aliphatic rings. The Morgan fingerprint density at radius 1 is 0.220 bits per heavy atom. The topological polar surface area (TPSA) is 590 Å². The smallest absolute Gasteiger partial charge is 1.00 e. The van der Waals surface area contributed by atoms with Crippen molar-refractivity contribution in [3.05, 3.63) is 0 Å². The zero-order valence-electron chi connectivity index (χ0n) is 23.0. The molecule has 10 unspecified atom stereocenters. The van der Waals surface area contributed by atoms with Gasteiger partial charge in [-0.3, -0.25) is 0 Å². The Balaban J connectivity index is -0.0000115. The Labute approximate surface area is 294 Å². The van der Waals surface area contributed by atoms with Crippen LogP contribution in [0.1, 0.15) is 1.43 Å². The number of hydrogen-bond donors (Lipinski definition) is 14. The van der Waals surface area contributed by atoms with Crippen molar-refractivity contribution in [1.82, 2.24) is 0 Å². The molecule has 0 aromatic carbocycles. The van der Waals surface area contributed by atoms with Crippen molar-refractivity contribution in [2.75, 3.05) is 0 Å². The molecule has 0 aliphatic heterocycles. The van der Waals surface area contributed by atoms with E-state index in [0.29, 0.717) is 0 Å². The molecule has 37 nitrogen and oxygen atoms in total. The van der Waals surface area contributed by atoms with Crippen molar-refractivity contribution < 1.29 is 202 Å². The molecular formula is H15NaO37P12. The van der Waals surface area contributed by atoms with Gasteiger partial charge in [0.15, 0.2) is 0 Å². The van der Waals surface area contributed by atoms with Gasteiger partial charge in [-0.1, -0.05) is 0 Å². The van der Waals surface area contributed by atoms with Crippen molar-refractivity contribution in [2.24, 2.45) is 0 Å². The molecule has 0 radical (unpaired) electrons. The first-order chi connectivity index (χ1) is 20.8. The molecule has 0 aromatic rings. The van der Waals surface area contributed by atoms with E-state index in [2.05, 4.69) is 47.4 Å². The molecule has 0 amide bonds. The average molecular weight is 1000 g/mol. The molecule has 0 spiro atoms. The first-order valence-electron chi connectivity index (χ1n) is 9.01. The van der Waals surface area contributed by atoms with Crippen LogP contribution in [0.4, 0.5) is 0 Å². The van der Waals surface area contributed by atoms with Crippen LogP contribution in [0.2, 0.25) is 0 Å². The van der Waals surface area contributed by atoms with Gasteiger partial charge in [-0.25, -0.2) is 54.8 Å². The Morgan fingerprint density at radius 3 is 0.380 bits per heavy atom. The summed E-state index contributed by atoms with van der Waals surface area (Å²) in [6.45, 7) is 0. The van der Waals surface area contributed by atoms with Crippen LogP contribution in [0.3, 0.4) is 0 Å². The van der Waals surface area contributed by atoms with Crippen LogP contribution >= 0.6 is 93.9 Å². The van der Waals surface area contributed by atoms with E-state index in [0.717, 1.165) is 0 Å². The number of phosphoric acid groups is 12. The van der Waals surface area contributed by atoms with E-state index >= 15 is 0 Å². The molecule has 0 rings (SSSR count). The van der Waals surface area contributed by atoms with E-state index in [1.165, 1.54) is 0 Å². The minimum atomic E-state index is -6.95. The molecule has 0 bridgehead atoms. The van der Waals surface area contributed by atoms with Gasteiger partial charge in [-0.2, -0.15) is 47.4 Å². The summed E-state index contributed by atoms with van der Waals surface area (Å²) in [5, 5.41) is 0. The molecule has 50 heteroatoms. The van der Waals surface area contributed by atoms with Crippen molar-refractivity contribution in [3.63, 3.8) is 0 Å². The first kappa shape index (κ1) is 54.9. The fourth-order valence-electron chi connectivity index (χ4n) is 1.59. The van der Waals surface area contributed by atoms with Crippen molar-refractivity contribution >= 4 is 93.9 Å². The maximum atomic E-state index is 11.8. The number of rotatable bonds is 22. The van der Waals surface area contributed by atoms with Crippen molar-refractivity contribution in [2.45, 2.75) is 0 Å². The summed E-state index contributed by atoms with van der Waals surface area (Å²) >= 11 is 0. The van der Waals surface area contributed by atoms with Gasteiger partial charge in [0.1, 0.15) is 0 Å². The summed E-state index contributed by atoms with van der Waals surface area (Å²) in [7, 11) is -79.5. The van der Waals surface area contributed by atoms with E-state index in [4.69, 9.17) is 39.1 Å². The minimum Gasteiger partial charge on any atom is -1.00 e. The predicted octanol–water partition coefficient (Wildman–Crippen LogP) is -2.53. The maximum absolute atomic E-state index is 11.8. The van der Waals surface area contributed by atoms with Crippen LogP contribution in [0.5, 0.6) is 0 Å². The molecule has 0 aliphatic carbocycles. The summed E-state index contributed by atoms with van der Waals surface area (Å²) in [5.74, 6) is 0. The van der Waals surface area contributed by atoms with Crippen LogP contribution in [-0.4, -0.2) is 68.5 Å².